The molecular formula is C27H33N3O8S. The van der Waals surface area contributed by atoms with Crippen LogP contribution in [0.4, 0.5) is 0 Å². The van der Waals surface area contributed by atoms with Gasteiger partial charge in [0, 0.05) is 57.5 Å². The molecule has 1 amide bonds. The number of carbonyl (C=O) groups excluding carboxylic acids is 2. The molecule has 2 aliphatic rings. The smallest absolute Gasteiger partial charge is 0.290 e. The number of methoxy groups -OCH3 is 2. The van der Waals surface area contributed by atoms with Gasteiger partial charge in [-0.25, -0.2) is 12.7 Å². The number of nitrogens with zero attached hydrogens (tertiary/aromatic N) is 3. The zero-order valence-corrected chi connectivity index (χ0v) is 23.2. The number of aliphatic hydroxyl groups is 1. The van der Waals surface area contributed by atoms with Crippen LogP contribution in [-0.2, 0) is 19.6 Å². The topological polar surface area (TPSA) is 126 Å². The Morgan fingerprint density at radius 1 is 1.05 bits per heavy atom. The maximum absolute atomic E-state index is 13.8. The Hall–Kier alpha value is -3.45. The number of morpholine rings is 1. The lowest BCUT2D eigenvalue weighted by atomic mass is 9.92. The molecule has 2 heterocycles. The number of hydrogen-bond acceptors (Lipinski definition) is 9. The summed E-state index contributed by atoms with van der Waals surface area (Å²) in [6.45, 7) is 3.39. The minimum Gasteiger partial charge on any atom is -0.503 e. The summed E-state index contributed by atoms with van der Waals surface area (Å²) in [5.74, 6) is -0.989. The monoisotopic (exact) mass is 559 g/mol. The first kappa shape index (κ1) is 28.6. The third-order valence-corrected chi connectivity index (χ3v) is 8.77. The zero-order valence-electron chi connectivity index (χ0n) is 22.4. The summed E-state index contributed by atoms with van der Waals surface area (Å²) >= 11 is 0. The lowest BCUT2D eigenvalue weighted by molar-refractivity contribution is -0.129. The SMILES string of the molecule is COc1ccc(C2C(C(=O)c3ccc(S(=O)(=O)N(C)C)cc3)=C(O)C(=O)N2CCN2CCOCC2)c(OC)c1. The van der Waals surface area contributed by atoms with E-state index in [0.29, 0.717) is 49.9 Å². The molecule has 1 N–H and O–H groups in total. The van der Waals surface area contributed by atoms with Crippen LogP contribution in [0.5, 0.6) is 11.5 Å². The van der Waals surface area contributed by atoms with E-state index in [1.165, 1.54) is 57.5 Å². The van der Waals surface area contributed by atoms with Gasteiger partial charge in [-0.3, -0.25) is 14.5 Å². The molecule has 2 aliphatic heterocycles. The van der Waals surface area contributed by atoms with Gasteiger partial charge in [-0.05, 0) is 36.4 Å². The average Bonchev–Trinajstić information content (AvgIpc) is 3.20. The number of sulfonamides is 1. The zero-order chi connectivity index (χ0) is 28.3. The van der Waals surface area contributed by atoms with Crippen LogP contribution in [0, 0.1) is 0 Å². The van der Waals surface area contributed by atoms with Crippen molar-refractivity contribution >= 4 is 21.7 Å². The molecule has 0 spiro atoms. The normalized spacial score (nSPS) is 18.6. The molecule has 12 heteroatoms. The van der Waals surface area contributed by atoms with Crippen molar-refractivity contribution in [1.82, 2.24) is 14.1 Å². The van der Waals surface area contributed by atoms with Gasteiger partial charge in [0.25, 0.3) is 5.91 Å². The van der Waals surface area contributed by atoms with E-state index in [9.17, 15) is 23.1 Å². The van der Waals surface area contributed by atoms with E-state index in [1.54, 1.807) is 18.2 Å². The molecule has 1 fully saturated rings. The highest BCUT2D eigenvalue weighted by atomic mass is 32.2. The lowest BCUT2D eigenvalue weighted by Gasteiger charge is -2.32. The molecule has 4 rings (SSSR count). The molecule has 0 aromatic heterocycles. The summed E-state index contributed by atoms with van der Waals surface area (Å²) in [5, 5.41) is 11.0. The molecule has 1 unspecified atom stereocenters. The van der Waals surface area contributed by atoms with E-state index >= 15 is 0 Å². The van der Waals surface area contributed by atoms with E-state index in [4.69, 9.17) is 14.2 Å². The Morgan fingerprint density at radius 2 is 1.72 bits per heavy atom. The van der Waals surface area contributed by atoms with Gasteiger partial charge in [0.05, 0.1) is 43.9 Å². The Bertz CT molecular complexity index is 1370. The van der Waals surface area contributed by atoms with Gasteiger partial charge < -0.3 is 24.2 Å². The maximum atomic E-state index is 13.8. The summed E-state index contributed by atoms with van der Waals surface area (Å²) in [7, 11) is 2.13. The predicted octanol–water partition coefficient (Wildman–Crippen LogP) is 1.86. The lowest BCUT2D eigenvalue weighted by Crippen LogP contribution is -2.43. The van der Waals surface area contributed by atoms with Crippen molar-refractivity contribution in [2.75, 3.05) is 67.7 Å². The van der Waals surface area contributed by atoms with Gasteiger partial charge >= 0.3 is 0 Å². The number of benzene rings is 2. The molecule has 2 aromatic rings. The Balaban J connectivity index is 1.74. The fraction of sp³-hybridized carbons (Fsp3) is 0.407. The van der Waals surface area contributed by atoms with Crippen LogP contribution in [0.2, 0.25) is 0 Å². The van der Waals surface area contributed by atoms with Crippen molar-refractivity contribution in [1.29, 1.82) is 0 Å². The summed E-state index contributed by atoms with van der Waals surface area (Å²) < 4.78 is 42.3. The molecule has 0 saturated carbocycles. The van der Waals surface area contributed by atoms with E-state index in [2.05, 4.69) is 4.90 Å². The highest BCUT2D eigenvalue weighted by molar-refractivity contribution is 7.89. The fourth-order valence-corrected chi connectivity index (χ4v) is 5.60. The maximum Gasteiger partial charge on any atom is 0.290 e. The number of ketones is 1. The van der Waals surface area contributed by atoms with Gasteiger partial charge in [-0.15, -0.1) is 0 Å². The quantitative estimate of drug-likeness (QED) is 0.434. The van der Waals surface area contributed by atoms with Crippen LogP contribution >= 0.6 is 0 Å². The Morgan fingerprint density at radius 3 is 2.31 bits per heavy atom. The number of aliphatic hydroxyl groups excluding tert-OH is 1. The minimum atomic E-state index is -3.70. The molecule has 2 aromatic carbocycles. The molecule has 210 valence electrons. The largest absolute Gasteiger partial charge is 0.503 e. The van der Waals surface area contributed by atoms with Gasteiger partial charge in [-0.2, -0.15) is 0 Å². The third-order valence-electron chi connectivity index (χ3n) is 6.94. The molecule has 1 saturated heterocycles. The van der Waals surface area contributed by atoms with Crippen molar-refractivity contribution in [2.45, 2.75) is 10.9 Å². The summed E-state index contributed by atoms with van der Waals surface area (Å²) in [6, 6.07) is 9.53. The van der Waals surface area contributed by atoms with Crippen molar-refractivity contribution < 1.29 is 37.3 Å². The minimum absolute atomic E-state index is 0.0188. The highest BCUT2D eigenvalue weighted by Gasteiger charge is 2.45. The fourth-order valence-electron chi connectivity index (χ4n) is 4.70. The second kappa shape index (κ2) is 11.7. The number of carbonyl (C=O) groups is 2. The predicted molar refractivity (Wildman–Crippen MR) is 143 cm³/mol. The Kier molecular flexibility index (Phi) is 8.60. The molecule has 11 nitrogen and oxygen atoms in total. The van der Waals surface area contributed by atoms with E-state index in [1.807, 2.05) is 0 Å². The first-order valence-electron chi connectivity index (χ1n) is 12.4. The third kappa shape index (κ3) is 5.64. The first-order valence-corrected chi connectivity index (χ1v) is 13.9. The number of Topliss-reactive ketones (excluding diaryl/α,β-unsaturated/α-hetero) is 1. The van der Waals surface area contributed by atoms with Gasteiger partial charge in [0.15, 0.2) is 11.5 Å². The molecule has 0 bridgehead atoms. The van der Waals surface area contributed by atoms with Crippen molar-refractivity contribution in [3.63, 3.8) is 0 Å². The number of hydrogen-bond donors (Lipinski definition) is 1. The van der Waals surface area contributed by atoms with Crippen LogP contribution in [0.25, 0.3) is 0 Å². The molecule has 39 heavy (non-hydrogen) atoms. The van der Waals surface area contributed by atoms with Crippen LogP contribution in [0.15, 0.2) is 58.7 Å². The van der Waals surface area contributed by atoms with Gasteiger partial charge in [0.1, 0.15) is 11.5 Å². The number of amides is 1. The van der Waals surface area contributed by atoms with Crippen molar-refractivity contribution in [3.8, 4) is 11.5 Å². The number of rotatable bonds is 10. The number of ether oxygens (including phenoxy) is 3. The van der Waals surface area contributed by atoms with E-state index in [0.717, 1.165) is 4.31 Å². The standard InChI is InChI=1S/C27H33N3O8S/c1-28(2)39(34,35)20-8-5-18(6-9-20)25(31)23-24(21-10-7-19(36-3)17-22(21)37-4)30(27(33)26(23)32)12-11-29-13-15-38-16-14-29/h5-10,17,24,32H,11-16H2,1-4H3. The van der Waals surface area contributed by atoms with Crippen LogP contribution in [-0.4, -0.2) is 107 Å². The first-order chi connectivity index (χ1) is 18.6. The highest BCUT2D eigenvalue weighted by Crippen LogP contribution is 2.43. The molecule has 0 aliphatic carbocycles. The second-order valence-corrected chi connectivity index (χ2v) is 11.5. The van der Waals surface area contributed by atoms with Crippen LogP contribution < -0.4 is 9.47 Å². The molecular weight excluding hydrogens is 526 g/mol. The second-order valence-electron chi connectivity index (χ2n) is 9.37. The molecule has 0 radical (unpaired) electrons. The Labute approximate surface area is 228 Å². The van der Waals surface area contributed by atoms with Crippen molar-refractivity contribution in [2.24, 2.45) is 0 Å². The summed E-state index contributed by atoms with van der Waals surface area (Å²) in [4.78, 5) is 30.8. The van der Waals surface area contributed by atoms with Gasteiger partial charge in [0.2, 0.25) is 10.0 Å². The van der Waals surface area contributed by atoms with E-state index < -0.39 is 33.5 Å². The average molecular weight is 560 g/mol. The van der Waals surface area contributed by atoms with Crippen molar-refractivity contribution in [3.05, 3.63) is 64.9 Å². The van der Waals surface area contributed by atoms with E-state index in [-0.39, 0.29) is 22.6 Å². The van der Waals surface area contributed by atoms with Crippen LogP contribution in [0.1, 0.15) is 22.0 Å². The van der Waals surface area contributed by atoms with Gasteiger partial charge in [-0.1, -0.05) is 0 Å². The molecule has 1 atom stereocenters. The van der Waals surface area contributed by atoms with Crippen LogP contribution in [0.3, 0.4) is 0 Å². The summed E-state index contributed by atoms with van der Waals surface area (Å²) in [5.41, 5.74) is 0.538. The summed E-state index contributed by atoms with van der Waals surface area (Å²) in [6.07, 6.45) is 0.